The van der Waals surface area contributed by atoms with Crippen LogP contribution >= 0.6 is 11.6 Å². The van der Waals surface area contributed by atoms with Gasteiger partial charge in [-0.25, -0.2) is 4.98 Å². The van der Waals surface area contributed by atoms with Crippen molar-refractivity contribution < 1.29 is 4.79 Å². The van der Waals surface area contributed by atoms with Crippen LogP contribution in [0.3, 0.4) is 0 Å². The molecular formula is C20H19ClN4O. The number of nitrogens with one attached hydrogen (secondary N) is 1. The van der Waals surface area contributed by atoms with Crippen LogP contribution in [0.4, 0.5) is 11.5 Å². The first kappa shape index (κ1) is 16.8. The van der Waals surface area contributed by atoms with E-state index in [0.29, 0.717) is 5.02 Å². The van der Waals surface area contributed by atoms with E-state index < -0.39 is 0 Å². The van der Waals surface area contributed by atoms with Crippen molar-refractivity contribution in [2.45, 2.75) is 12.8 Å². The first-order valence-electron chi connectivity index (χ1n) is 8.72. The molecule has 1 aliphatic rings. The first-order chi connectivity index (χ1) is 12.7. The standard InChI is InChI=1S/C20H19ClN4O/c21-15-5-7-16(8-6-15)23-20(26)14-9-11-25(12-10-14)19-13-22-17-3-1-2-4-18(17)24-19/h1-8,13-14H,9-12H2,(H,23,26). The molecule has 2 heterocycles. The topological polar surface area (TPSA) is 58.1 Å². The largest absolute Gasteiger partial charge is 0.355 e. The molecule has 1 amide bonds. The van der Waals surface area contributed by atoms with E-state index in [1.165, 1.54) is 0 Å². The number of benzene rings is 2. The second kappa shape index (κ2) is 7.30. The lowest BCUT2D eigenvalue weighted by molar-refractivity contribution is -0.120. The molecule has 4 rings (SSSR count). The predicted octanol–water partition coefficient (Wildman–Crippen LogP) is 4.14. The summed E-state index contributed by atoms with van der Waals surface area (Å²) < 4.78 is 0. The molecule has 0 atom stereocenters. The molecule has 0 saturated carbocycles. The minimum absolute atomic E-state index is 0.00958. The van der Waals surface area contributed by atoms with Crippen LogP contribution in [0.5, 0.6) is 0 Å². The van der Waals surface area contributed by atoms with E-state index in [2.05, 4.69) is 15.2 Å². The van der Waals surface area contributed by atoms with Crippen molar-refractivity contribution in [3.05, 3.63) is 59.8 Å². The molecule has 0 radical (unpaired) electrons. The minimum Gasteiger partial charge on any atom is -0.355 e. The molecule has 1 fully saturated rings. The molecule has 6 heteroatoms. The summed E-state index contributed by atoms with van der Waals surface area (Å²) in [6.07, 6.45) is 3.41. The average molecular weight is 367 g/mol. The van der Waals surface area contributed by atoms with Crippen molar-refractivity contribution in [3.8, 4) is 0 Å². The Bertz CT molecular complexity index is 921. The van der Waals surface area contributed by atoms with Gasteiger partial charge >= 0.3 is 0 Å². The maximum atomic E-state index is 12.5. The molecule has 1 aromatic heterocycles. The zero-order valence-electron chi connectivity index (χ0n) is 14.2. The van der Waals surface area contributed by atoms with Gasteiger partial charge in [-0.1, -0.05) is 23.7 Å². The maximum Gasteiger partial charge on any atom is 0.227 e. The van der Waals surface area contributed by atoms with Crippen molar-refractivity contribution in [2.75, 3.05) is 23.3 Å². The third kappa shape index (κ3) is 3.63. The number of para-hydroxylation sites is 2. The van der Waals surface area contributed by atoms with Gasteiger partial charge in [0.25, 0.3) is 0 Å². The summed E-state index contributed by atoms with van der Waals surface area (Å²) in [5.41, 5.74) is 2.57. The SMILES string of the molecule is O=C(Nc1ccc(Cl)cc1)C1CCN(c2cnc3ccccc3n2)CC1. The number of carbonyl (C=O) groups excluding carboxylic acids is 1. The zero-order chi connectivity index (χ0) is 17.9. The molecule has 0 aliphatic carbocycles. The van der Waals surface area contributed by atoms with Crippen molar-refractivity contribution in [1.82, 2.24) is 9.97 Å². The number of hydrogen-bond donors (Lipinski definition) is 1. The van der Waals surface area contributed by atoms with Gasteiger partial charge in [0, 0.05) is 29.7 Å². The number of nitrogens with zero attached hydrogens (tertiary/aromatic N) is 3. The highest BCUT2D eigenvalue weighted by Crippen LogP contribution is 2.24. The summed E-state index contributed by atoms with van der Waals surface area (Å²) in [7, 11) is 0. The van der Waals surface area contributed by atoms with E-state index in [9.17, 15) is 4.79 Å². The molecule has 0 unspecified atom stereocenters. The van der Waals surface area contributed by atoms with Gasteiger partial charge in [0.1, 0.15) is 5.82 Å². The van der Waals surface area contributed by atoms with Crippen LogP contribution in [0.1, 0.15) is 12.8 Å². The lowest BCUT2D eigenvalue weighted by Gasteiger charge is -2.32. The molecule has 3 aromatic rings. The number of halogens is 1. The second-order valence-corrected chi connectivity index (χ2v) is 6.91. The summed E-state index contributed by atoms with van der Waals surface area (Å²) >= 11 is 5.88. The van der Waals surface area contributed by atoms with Gasteiger partial charge in [-0.2, -0.15) is 0 Å². The Kier molecular flexibility index (Phi) is 4.71. The van der Waals surface area contributed by atoms with E-state index in [-0.39, 0.29) is 11.8 Å². The number of piperidine rings is 1. The van der Waals surface area contributed by atoms with Crippen LogP contribution in [0.15, 0.2) is 54.7 Å². The molecular weight excluding hydrogens is 348 g/mol. The van der Waals surface area contributed by atoms with E-state index in [4.69, 9.17) is 16.6 Å². The molecule has 2 aromatic carbocycles. The number of aromatic nitrogens is 2. The molecule has 0 bridgehead atoms. The van der Waals surface area contributed by atoms with E-state index in [0.717, 1.165) is 48.5 Å². The van der Waals surface area contributed by atoms with Crippen LogP contribution in [-0.4, -0.2) is 29.0 Å². The van der Waals surface area contributed by atoms with E-state index in [1.807, 2.05) is 42.6 Å². The van der Waals surface area contributed by atoms with Gasteiger partial charge in [-0.05, 0) is 49.2 Å². The number of carbonyl (C=O) groups is 1. The summed E-state index contributed by atoms with van der Waals surface area (Å²) in [5, 5.41) is 3.63. The Balaban J connectivity index is 1.38. The van der Waals surface area contributed by atoms with Crippen molar-refractivity contribution >= 4 is 40.0 Å². The molecule has 132 valence electrons. The average Bonchev–Trinajstić information content (AvgIpc) is 2.69. The van der Waals surface area contributed by atoms with Gasteiger partial charge in [-0.3, -0.25) is 9.78 Å². The lowest BCUT2D eigenvalue weighted by atomic mass is 9.96. The summed E-state index contributed by atoms with van der Waals surface area (Å²) in [6.45, 7) is 1.59. The van der Waals surface area contributed by atoms with Crippen molar-refractivity contribution in [2.24, 2.45) is 5.92 Å². The van der Waals surface area contributed by atoms with Crippen LogP contribution in [0.25, 0.3) is 11.0 Å². The number of anilines is 2. The molecule has 5 nitrogen and oxygen atoms in total. The Morgan fingerprint density at radius 1 is 1.04 bits per heavy atom. The van der Waals surface area contributed by atoms with Crippen LogP contribution in [0, 0.1) is 5.92 Å². The Morgan fingerprint density at radius 3 is 2.46 bits per heavy atom. The fraction of sp³-hybridized carbons (Fsp3) is 0.250. The fourth-order valence-corrected chi connectivity index (χ4v) is 3.37. The van der Waals surface area contributed by atoms with Gasteiger partial charge in [0.15, 0.2) is 0 Å². The van der Waals surface area contributed by atoms with Gasteiger partial charge in [-0.15, -0.1) is 0 Å². The van der Waals surface area contributed by atoms with E-state index >= 15 is 0 Å². The number of amides is 1. The van der Waals surface area contributed by atoms with Gasteiger partial charge in [0.05, 0.1) is 17.2 Å². The Hall–Kier alpha value is -2.66. The Morgan fingerprint density at radius 2 is 1.73 bits per heavy atom. The van der Waals surface area contributed by atoms with Crippen molar-refractivity contribution in [3.63, 3.8) is 0 Å². The van der Waals surface area contributed by atoms with Gasteiger partial charge in [0.2, 0.25) is 5.91 Å². The highest BCUT2D eigenvalue weighted by molar-refractivity contribution is 6.30. The second-order valence-electron chi connectivity index (χ2n) is 6.47. The lowest BCUT2D eigenvalue weighted by Crippen LogP contribution is -2.38. The zero-order valence-corrected chi connectivity index (χ0v) is 15.0. The third-order valence-electron chi connectivity index (χ3n) is 4.74. The number of rotatable bonds is 3. The normalized spacial score (nSPS) is 15.2. The predicted molar refractivity (Wildman–Crippen MR) is 105 cm³/mol. The van der Waals surface area contributed by atoms with E-state index in [1.54, 1.807) is 12.1 Å². The molecule has 1 saturated heterocycles. The quantitative estimate of drug-likeness (QED) is 0.756. The fourth-order valence-electron chi connectivity index (χ4n) is 3.25. The summed E-state index contributed by atoms with van der Waals surface area (Å²) in [4.78, 5) is 23.9. The van der Waals surface area contributed by atoms with Crippen LogP contribution in [0.2, 0.25) is 5.02 Å². The maximum absolute atomic E-state index is 12.5. The highest BCUT2D eigenvalue weighted by Gasteiger charge is 2.26. The summed E-state index contributed by atoms with van der Waals surface area (Å²) in [6, 6.07) is 15.0. The number of fused-ring (bicyclic) bond motifs is 1. The van der Waals surface area contributed by atoms with Crippen LogP contribution in [-0.2, 0) is 4.79 Å². The third-order valence-corrected chi connectivity index (χ3v) is 4.99. The molecule has 26 heavy (non-hydrogen) atoms. The number of hydrogen-bond acceptors (Lipinski definition) is 4. The first-order valence-corrected chi connectivity index (χ1v) is 9.10. The Labute approximate surface area is 157 Å². The van der Waals surface area contributed by atoms with Crippen molar-refractivity contribution in [1.29, 1.82) is 0 Å². The highest BCUT2D eigenvalue weighted by atomic mass is 35.5. The minimum atomic E-state index is 0.00958. The van der Waals surface area contributed by atoms with Gasteiger partial charge < -0.3 is 10.2 Å². The molecule has 1 N–H and O–H groups in total. The molecule has 1 aliphatic heterocycles. The molecule has 0 spiro atoms. The van der Waals surface area contributed by atoms with Crippen LogP contribution < -0.4 is 10.2 Å². The summed E-state index contributed by atoms with van der Waals surface area (Å²) in [5.74, 6) is 0.951. The monoisotopic (exact) mass is 366 g/mol. The smallest absolute Gasteiger partial charge is 0.227 e.